The van der Waals surface area contributed by atoms with Gasteiger partial charge in [0.1, 0.15) is 0 Å². The molecule has 0 atom stereocenters. The second-order valence-electron chi connectivity index (χ2n) is 15.1. The SMILES string of the molecule is CCCCCCCCCCCCc1ccc(-c2nc(-c3ncc(-c4c(C)cc(C)cc4C)cn3)nc(-c3ncc(-c4c(C)cc(C)cc4C)cn3)n2)cc1. The summed E-state index contributed by atoms with van der Waals surface area (Å²) in [4.78, 5) is 33.7. The van der Waals surface area contributed by atoms with Crippen molar-refractivity contribution in [1.29, 1.82) is 0 Å². The molecule has 3 aromatic carbocycles. The van der Waals surface area contributed by atoms with E-state index in [-0.39, 0.29) is 0 Å². The van der Waals surface area contributed by atoms with Gasteiger partial charge in [-0.05, 0) is 93.3 Å². The summed E-state index contributed by atoms with van der Waals surface area (Å²) in [5.74, 6) is 2.14. The molecule has 0 N–H and O–H groups in total. The number of hydrogen-bond donors (Lipinski definition) is 0. The number of hydrogen-bond acceptors (Lipinski definition) is 7. The molecule has 54 heavy (non-hydrogen) atoms. The molecule has 0 fully saturated rings. The number of rotatable bonds is 16. The van der Waals surface area contributed by atoms with Gasteiger partial charge in [0.05, 0.1) is 0 Å². The van der Waals surface area contributed by atoms with E-state index in [4.69, 9.17) is 34.9 Å². The zero-order valence-corrected chi connectivity index (χ0v) is 33.3. The molecule has 6 rings (SSSR count). The molecule has 3 heterocycles. The molecule has 0 radical (unpaired) electrons. The van der Waals surface area contributed by atoms with E-state index in [0.717, 1.165) is 34.2 Å². The van der Waals surface area contributed by atoms with Gasteiger partial charge in [-0.15, -0.1) is 0 Å². The molecule has 7 nitrogen and oxygen atoms in total. The molecule has 6 aromatic rings. The first-order valence-corrected chi connectivity index (χ1v) is 19.9. The third-order valence-electron chi connectivity index (χ3n) is 10.3. The van der Waals surface area contributed by atoms with E-state index in [1.807, 2.05) is 24.8 Å². The standard InChI is InChI=1S/C47H55N7/c1-8-9-10-11-12-13-14-15-16-17-18-37-19-21-38(22-20-37)43-52-46(44-48-27-39(28-49-44)41-33(4)23-31(2)24-34(41)5)54-47(53-43)45-50-29-40(30-51-45)42-35(6)25-32(3)26-36(42)7/h19-30H,8-18H2,1-7H3. The molecule has 3 aromatic heterocycles. The van der Waals surface area contributed by atoms with Crippen LogP contribution in [0.3, 0.4) is 0 Å². The average Bonchev–Trinajstić information content (AvgIpc) is 3.15. The van der Waals surface area contributed by atoms with E-state index < -0.39 is 0 Å². The Bertz CT molecular complexity index is 1990. The van der Waals surface area contributed by atoms with Gasteiger partial charge in [0, 0.05) is 41.5 Å². The topological polar surface area (TPSA) is 90.2 Å². The fourth-order valence-electron chi connectivity index (χ4n) is 7.76. The molecule has 0 aliphatic rings. The summed E-state index contributed by atoms with van der Waals surface area (Å²) in [6.45, 7) is 15.0. The minimum absolute atomic E-state index is 0.381. The van der Waals surface area contributed by atoms with Crippen molar-refractivity contribution >= 4 is 0 Å². The summed E-state index contributed by atoms with van der Waals surface area (Å²) in [6.07, 6.45) is 21.9. The Morgan fingerprint density at radius 2 is 0.759 bits per heavy atom. The number of benzene rings is 3. The Morgan fingerprint density at radius 3 is 1.17 bits per heavy atom. The molecule has 0 amide bonds. The predicted octanol–water partition coefficient (Wildman–Crippen LogP) is 12.1. The molecular weight excluding hydrogens is 663 g/mol. The van der Waals surface area contributed by atoms with Crippen LogP contribution in [0.5, 0.6) is 0 Å². The van der Waals surface area contributed by atoms with E-state index in [1.165, 1.54) is 103 Å². The molecule has 0 saturated carbocycles. The fourth-order valence-corrected chi connectivity index (χ4v) is 7.76. The zero-order valence-electron chi connectivity index (χ0n) is 33.3. The summed E-state index contributed by atoms with van der Waals surface area (Å²) < 4.78 is 0. The largest absolute Gasteiger partial charge is 0.233 e. The van der Waals surface area contributed by atoms with Crippen molar-refractivity contribution in [2.75, 3.05) is 0 Å². The molecule has 0 aliphatic carbocycles. The van der Waals surface area contributed by atoms with Gasteiger partial charge in [-0.1, -0.05) is 124 Å². The second kappa shape index (κ2) is 18.2. The van der Waals surface area contributed by atoms with E-state index in [2.05, 4.69) is 97.0 Å². The average molecular weight is 718 g/mol. The third kappa shape index (κ3) is 9.67. The second-order valence-corrected chi connectivity index (χ2v) is 15.1. The Hall–Kier alpha value is -5.17. The lowest BCUT2D eigenvalue weighted by Crippen LogP contribution is -2.04. The van der Waals surface area contributed by atoms with Gasteiger partial charge in [-0.25, -0.2) is 34.9 Å². The zero-order chi connectivity index (χ0) is 38.0. The van der Waals surface area contributed by atoms with Gasteiger partial charge >= 0.3 is 0 Å². The molecular formula is C47H55N7. The van der Waals surface area contributed by atoms with E-state index >= 15 is 0 Å². The molecule has 0 saturated heterocycles. The maximum Gasteiger partial charge on any atom is 0.201 e. The van der Waals surface area contributed by atoms with Gasteiger partial charge in [0.15, 0.2) is 17.5 Å². The quantitative estimate of drug-likeness (QED) is 0.0920. The van der Waals surface area contributed by atoms with Crippen LogP contribution in [0.2, 0.25) is 0 Å². The highest BCUT2D eigenvalue weighted by Crippen LogP contribution is 2.30. The smallest absolute Gasteiger partial charge is 0.201 e. The Kier molecular flexibility index (Phi) is 13.0. The van der Waals surface area contributed by atoms with Crippen LogP contribution in [-0.4, -0.2) is 34.9 Å². The number of unbranched alkanes of at least 4 members (excludes halogenated alkanes) is 9. The van der Waals surface area contributed by atoms with Crippen LogP contribution in [0.25, 0.3) is 56.9 Å². The van der Waals surface area contributed by atoms with E-state index in [1.54, 1.807) is 0 Å². The Labute approximate surface area is 322 Å². The van der Waals surface area contributed by atoms with Crippen LogP contribution in [0, 0.1) is 41.5 Å². The summed E-state index contributed by atoms with van der Waals surface area (Å²) in [5.41, 5.74) is 13.7. The van der Waals surface area contributed by atoms with E-state index in [0.29, 0.717) is 29.1 Å². The van der Waals surface area contributed by atoms with Crippen LogP contribution in [0.1, 0.15) is 110 Å². The van der Waals surface area contributed by atoms with Gasteiger partial charge in [0.2, 0.25) is 11.6 Å². The first-order valence-electron chi connectivity index (χ1n) is 19.9. The lowest BCUT2D eigenvalue weighted by atomic mass is 9.96. The summed E-state index contributed by atoms with van der Waals surface area (Å²) in [6, 6.07) is 17.4. The van der Waals surface area contributed by atoms with Crippen LogP contribution in [0.4, 0.5) is 0 Å². The van der Waals surface area contributed by atoms with Crippen molar-refractivity contribution in [3.05, 3.63) is 112 Å². The molecule has 278 valence electrons. The predicted molar refractivity (Wildman–Crippen MR) is 222 cm³/mol. The number of aryl methyl sites for hydroxylation is 7. The van der Waals surface area contributed by atoms with Crippen molar-refractivity contribution < 1.29 is 0 Å². The summed E-state index contributed by atoms with van der Waals surface area (Å²) in [5, 5.41) is 0. The Morgan fingerprint density at radius 1 is 0.389 bits per heavy atom. The maximum absolute atomic E-state index is 4.90. The molecule has 0 aliphatic heterocycles. The lowest BCUT2D eigenvalue weighted by Gasteiger charge is -2.12. The van der Waals surface area contributed by atoms with Gasteiger partial charge in [0.25, 0.3) is 0 Å². The van der Waals surface area contributed by atoms with Crippen LogP contribution in [-0.2, 0) is 6.42 Å². The van der Waals surface area contributed by atoms with E-state index in [9.17, 15) is 0 Å². The van der Waals surface area contributed by atoms with Crippen molar-refractivity contribution in [2.45, 2.75) is 119 Å². The summed E-state index contributed by atoms with van der Waals surface area (Å²) >= 11 is 0. The highest BCUT2D eigenvalue weighted by molar-refractivity contribution is 5.72. The van der Waals surface area contributed by atoms with Crippen molar-refractivity contribution in [1.82, 2.24) is 34.9 Å². The highest BCUT2D eigenvalue weighted by Gasteiger charge is 2.17. The molecule has 0 unspecified atom stereocenters. The highest BCUT2D eigenvalue weighted by atomic mass is 15.1. The fraction of sp³-hybridized carbons (Fsp3) is 0.383. The third-order valence-corrected chi connectivity index (χ3v) is 10.3. The van der Waals surface area contributed by atoms with Gasteiger partial charge < -0.3 is 0 Å². The first-order chi connectivity index (χ1) is 26.2. The van der Waals surface area contributed by atoms with Crippen molar-refractivity contribution in [3.8, 4) is 56.9 Å². The van der Waals surface area contributed by atoms with Crippen molar-refractivity contribution in [2.24, 2.45) is 0 Å². The minimum atomic E-state index is 0.381. The number of nitrogens with zero attached hydrogens (tertiary/aromatic N) is 7. The number of aromatic nitrogens is 7. The van der Waals surface area contributed by atoms with Crippen LogP contribution >= 0.6 is 0 Å². The van der Waals surface area contributed by atoms with Crippen LogP contribution in [0.15, 0.2) is 73.3 Å². The minimum Gasteiger partial charge on any atom is -0.233 e. The summed E-state index contributed by atoms with van der Waals surface area (Å²) in [7, 11) is 0. The van der Waals surface area contributed by atoms with Gasteiger partial charge in [-0.2, -0.15) is 0 Å². The monoisotopic (exact) mass is 717 g/mol. The Balaban J connectivity index is 1.24. The normalized spacial score (nSPS) is 11.3. The molecule has 7 heteroatoms. The molecule has 0 spiro atoms. The molecule has 0 bridgehead atoms. The van der Waals surface area contributed by atoms with Crippen molar-refractivity contribution in [3.63, 3.8) is 0 Å². The van der Waals surface area contributed by atoms with Gasteiger partial charge in [-0.3, -0.25) is 0 Å². The first kappa shape index (κ1) is 38.6. The van der Waals surface area contributed by atoms with Crippen LogP contribution < -0.4 is 0 Å². The lowest BCUT2D eigenvalue weighted by molar-refractivity contribution is 0.556. The maximum atomic E-state index is 4.90.